The van der Waals surface area contributed by atoms with Crippen molar-refractivity contribution in [3.63, 3.8) is 0 Å². The maximum atomic E-state index is 15.0. The molecular formula is C53H78O24. The summed E-state index contributed by atoms with van der Waals surface area (Å²) in [6.07, 6.45) is -25.5. The number of ketones is 2. The van der Waals surface area contributed by atoms with Crippen LogP contribution >= 0.6 is 0 Å². The first-order valence-electron chi connectivity index (χ1n) is 26.4. The van der Waals surface area contributed by atoms with Crippen molar-refractivity contribution in [1.29, 1.82) is 0 Å². The van der Waals surface area contributed by atoms with Gasteiger partial charge in [-0.3, -0.25) is 9.59 Å². The Kier molecular flexibility index (Phi) is 18.7. The third-order valence-electron chi connectivity index (χ3n) is 16.1. The van der Waals surface area contributed by atoms with Crippen molar-refractivity contribution in [3.05, 3.63) is 28.8 Å². The molecule has 77 heavy (non-hydrogen) atoms. The van der Waals surface area contributed by atoms with Crippen molar-refractivity contribution in [2.24, 2.45) is 5.92 Å². The van der Waals surface area contributed by atoms with E-state index in [1.54, 1.807) is 34.6 Å². The summed E-state index contributed by atoms with van der Waals surface area (Å²) in [5.74, 6) is -4.01. The molecule has 0 unspecified atom stereocenters. The van der Waals surface area contributed by atoms with Gasteiger partial charge in [0.15, 0.2) is 36.7 Å². The third-order valence-corrected chi connectivity index (χ3v) is 16.1. The van der Waals surface area contributed by atoms with Crippen LogP contribution in [0.1, 0.15) is 102 Å². The maximum Gasteiger partial charge on any atom is 0.202 e. The highest BCUT2D eigenvalue weighted by Crippen LogP contribution is 2.48. The van der Waals surface area contributed by atoms with Crippen molar-refractivity contribution in [2.45, 2.75) is 241 Å². The van der Waals surface area contributed by atoms with Gasteiger partial charge >= 0.3 is 0 Å². The lowest BCUT2D eigenvalue weighted by Crippen LogP contribution is -2.58. The van der Waals surface area contributed by atoms with Gasteiger partial charge in [-0.2, -0.15) is 0 Å². The number of aliphatic hydroxyl groups excluding tert-OH is 7. The van der Waals surface area contributed by atoms with Crippen molar-refractivity contribution in [2.75, 3.05) is 14.2 Å². The van der Waals surface area contributed by atoms with Crippen molar-refractivity contribution >= 4 is 22.3 Å². The maximum absolute atomic E-state index is 15.0. The first-order chi connectivity index (χ1) is 36.2. The average Bonchev–Trinajstić information content (AvgIpc) is 3.36. The van der Waals surface area contributed by atoms with Gasteiger partial charge < -0.3 is 108 Å². The second kappa shape index (κ2) is 24.0. The van der Waals surface area contributed by atoms with Crippen LogP contribution in [0.5, 0.6) is 17.2 Å². The standard InChI is InChI=1S/C53H78O24/c1-19-30(73-35-15-31(43(58)21(3)68-35)74-34-14-29(55)49(66-9)24(6)71-34)13-27-11-26-12-28(50(67-10)48(63)42(57)20(2)54)51(47(62)40(26)46(61)39(27)41(19)56)77-37-17-32(44(59)23(5)70-37)75-36-16-33(45(60)22(4)69-36)76-38-18-53(8,65)52(64)25(7)72-38/h11,13,20-25,28-29,31-38,42-45,49-52,54-61,64-65H,12,14-18H2,1-10H3/t20-,21-,22-,23-,24-,25+,28+,29-,31-,32-,33-,34-,35+,36+,37+,38+,42+,43+,44-,45-,49+,50+,51+,52+,53+/m1/s1. The second-order valence-corrected chi connectivity index (χ2v) is 21.9. The summed E-state index contributed by atoms with van der Waals surface area (Å²) in [5, 5.41) is 111. The molecule has 5 aliphatic heterocycles. The molecule has 434 valence electrons. The second-order valence-electron chi connectivity index (χ2n) is 21.9. The first-order valence-corrected chi connectivity index (χ1v) is 26.4. The minimum absolute atomic E-state index is 0.00357. The van der Waals surface area contributed by atoms with Crippen LogP contribution in [0.4, 0.5) is 0 Å². The number of carbonyl (C=O) groups excluding carboxylic acids is 2. The number of rotatable bonds is 16. The summed E-state index contributed by atoms with van der Waals surface area (Å²) >= 11 is 0. The zero-order chi connectivity index (χ0) is 56.3. The SMILES string of the molecule is CO[C@@H]1[C@H](O)C[C@@H](O[C@@H]2C[C@H](Oc3cc4cc5c(c(O)c4c(O)c3C)C(=O)[C@@H](O[C@H]3C[C@@H](O[C@H]4C[C@@H](O[C@H]6C[C@](C)(O)[C@@H](O)[C@H](C)O6)[C@H](O)[C@@H](C)O4)[C@H](O)[C@@H](C)O3)[C@H]([C@H](OC)C(=O)[C@@H](O)[C@@H](C)O)C5)O[C@H](C)[C@@H]2O)O[C@@H]1C. The number of phenolic OH excluding ortho intramolecular Hbond substituents is 2. The molecule has 5 heterocycles. The number of methoxy groups -OCH3 is 2. The van der Waals surface area contributed by atoms with Gasteiger partial charge in [0.25, 0.3) is 0 Å². The number of Topliss-reactive ketones (excluding diaryl/α,β-unsaturated/α-hetero) is 2. The van der Waals surface area contributed by atoms with E-state index >= 15 is 4.79 Å². The summed E-state index contributed by atoms with van der Waals surface area (Å²) in [6, 6.07) is 3.06. The number of hydrogen-bond acceptors (Lipinski definition) is 24. The number of ether oxygens (including phenoxy) is 12. The van der Waals surface area contributed by atoms with E-state index in [0.29, 0.717) is 0 Å². The highest BCUT2D eigenvalue weighted by atomic mass is 16.7. The van der Waals surface area contributed by atoms with E-state index in [0.717, 1.165) is 0 Å². The monoisotopic (exact) mass is 1100 g/mol. The fraction of sp³-hybridized carbons (Fsp3) is 0.774. The van der Waals surface area contributed by atoms with Gasteiger partial charge in [-0.1, -0.05) is 0 Å². The lowest BCUT2D eigenvalue weighted by atomic mass is 9.75. The van der Waals surface area contributed by atoms with Gasteiger partial charge in [0.1, 0.15) is 66.1 Å². The Morgan fingerprint density at radius 3 is 1.74 bits per heavy atom. The van der Waals surface area contributed by atoms with Crippen LogP contribution in [-0.4, -0.2) is 224 Å². The van der Waals surface area contributed by atoms with Gasteiger partial charge in [-0.05, 0) is 84.9 Å². The molecule has 24 heteroatoms. The molecule has 0 aromatic heterocycles. The van der Waals surface area contributed by atoms with Crippen LogP contribution in [0.25, 0.3) is 10.8 Å². The predicted molar refractivity (Wildman–Crippen MR) is 263 cm³/mol. The molecule has 25 atom stereocenters. The zero-order valence-electron chi connectivity index (χ0n) is 44.9. The van der Waals surface area contributed by atoms with Crippen molar-refractivity contribution in [3.8, 4) is 17.2 Å². The van der Waals surface area contributed by atoms with Gasteiger partial charge in [0.2, 0.25) is 6.29 Å². The van der Waals surface area contributed by atoms with E-state index in [4.69, 9.17) is 56.8 Å². The molecule has 2 aromatic rings. The molecule has 0 bridgehead atoms. The summed E-state index contributed by atoms with van der Waals surface area (Å²) in [7, 11) is 2.66. The van der Waals surface area contributed by atoms with Crippen molar-refractivity contribution in [1.82, 2.24) is 0 Å². The molecule has 5 saturated heterocycles. The Morgan fingerprint density at radius 1 is 0.701 bits per heavy atom. The smallest absolute Gasteiger partial charge is 0.202 e. The number of aliphatic hydroxyl groups is 8. The number of phenols is 2. The molecule has 1 aliphatic carbocycles. The van der Waals surface area contributed by atoms with Crippen LogP contribution in [0.15, 0.2) is 12.1 Å². The van der Waals surface area contributed by atoms with Crippen LogP contribution in [0, 0.1) is 12.8 Å². The van der Waals surface area contributed by atoms with Crippen LogP contribution in [0.3, 0.4) is 0 Å². The Morgan fingerprint density at radius 2 is 1.21 bits per heavy atom. The van der Waals surface area contributed by atoms with Gasteiger partial charge in [0, 0.05) is 57.8 Å². The molecule has 8 rings (SSSR count). The minimum atomic E-state index is -1.94. The summed E-state index contributed by atoms with van der Waals surface area (Å²) < 4.78 is 72.3. The molecule has 0 saturated carbocycles. The number of hydrogen-bond donors (Lipinski definition) is 10. The summed E-state index contributed by atoms with van der Waals surface area (Å²) in [6.45, 7) is 12.3. The normalized spacial score (nSPS) is 42.1. The minimum Gasteiger partial charge on any atom is -0.507 e. The first kappa shape index (κ1) is 59.8. The molecule has 5 fully saturated rings. The molecule has 6 aliphatic rings. The zero-order valence-corrected chi connectivity index (χ0v) is 44.9. The van der Waals surface area contributed by atoms with Crippen LogP contribution < -0.4 is 4.74 Å². The van der Waals surface area contributed by atoms with Crippen LogP contribution in [0.2, 0.25) is 0 Å². The number of benzene rings is 2. The lowest BCUT2D eigenvalue weighted by Gasteiger charge is -2.46. The largest absolute Gasteiger partial charge is 0.507 e. The van der Waals surface area contributed by atoms with E-state index in [1.807, 2.05) is 0 Å². The topological polar surface area (TPSA) is 347 Å². The van der Waals surface area contributed by atoms with Gasteiger partial charge in [-0.25, -0.2) is 0 Å². The molecule has 2 aromatic carbocycles. The van der Waals surface area contributed by atoms with E-state index in [1.165, 1.54) is 47.1 Å². The third kappa shape index (κ3) is 12.3. The van der Waals surface area contributed by atoms with E-state index in [-0.39, 0.29) is 71.7 Å². The molecule has 0 amide bonds. The van der Waals surface area contributed by atoms with Crippen LogP contribution in [-0.2, 0) is 63.3 Å². The Labute approximate surface area is 445 Å². The Hall–Kier alpha value is -3.32. The quantitative estimate of drug-likeness (QED) is 0.109. The Balaban J connectivity index is 1.04. The number of aromatic hydroxyl groups is 2. The van der Waals surface area contributed by atoms with E-state index in [2.05, 4.69) is 0 Å². The molecule has 10 N–H and O–H groups in total. The number of carbonyl (C=O) groups is 2. The van der Waals surface area contributed by atoms with E-state index in [9.17, 15) is 55.9 Å². The highest BCUT2D eigenvalue weighted by molar-refractivity contribution is 6.11. The Bertz CT molecular complexity index is 2370. The molecule has 0 radical (unpaired) electrons. The molecule has 24 nitrogen and oxygen atoms in total. The summed E-state index contributed by atoms with van der Waals surface area (Å²) in [4.78, 5) is 29.0. The van der Waals surface area contributed by atoms with E-state index < -0.39 is 176 Å². The molecular weight excluding hydrogens is 1020 g/mol. The average molecular weight is 1100 g/mol. The highest BCUT2D eigenvalue weighted by Gasteiger charge is 2.51. The molecule has 0 spiro atoms. The van der Waals surface area contributed by atoms with Gasteiger partial charge in [-0.15, -0.1) is 0 Å². The fourth-order valence-corrected chi connectivity index (χ4v) is 11.7. The lowest BCUT2D eigenvalue weighted by molar-refractivity contribution is -0.334. The summed E-state index contributed by atoms with van der Waals surface area (Å²) in [5.41, 5.74) is -1.44. The number of fused-ring (bicyclic) bond motifs is 2. The van der Waals surface area contributed by atoms with Crippen molar-refractivity contribution < 1.29 is 117 Å². The van der Waals surface area contributed by atoms with Gasteiger partial charge in [0.05, 0.1) is 77.6 Å². The fourth-order valence-electron chi connectivity index (χ4n) is 11.7. The predicted octanol–water partition coefficient (Wildman–Crippen LogP) is 0.405.